The van der Waals surface area contributed by atoms with Gasteiger partial charge in [-0.05, 0) is 56.6 Å². The highest BCUT2D eigenvalue weighted by Gasteiger charge is 2.28. The van der Waals surface area contributed by atoms with Gasteiger partial charge in [0, 0.05) is 0 Å². The zero-order chi connectivity index (χ0) is 17.7. The fourth-order valence-electron chi connectivity index (χ4n) is 5.00. The number of rotatable bonds is 3. The van der Waals surface area contributed by atoms with E-state index in [1.807, 2.05) is 0 Å². The summed E-state index contributed by atoms with van der Waals surface area (Å²) in [5, 5.41) is 18.5. The smallest absolute Gasteiger partial charge is 0.0761 e. The van der Waals surface area contributed by atoms with Gasteiger partial charge in [0.25, 0.3) is 0 Å². The van der Waals surface area contributed by atoms with E-state index in [9.17, 15) is 5.11 Å². The summed E-state index contributed by atoms with van der Waals surface area (Å²) in [6.45, 7) is 0. The van der Waals surface area contributed by atoms with Gasteiger partial charge in [0.1, 0.15) is 0 Å². The summed E-state index contributed by atoms with van der Waals surface area (Å²) in [5.74, 6) is 0.331. The molecule has 5 rings (SSSR count). The first-order valence-electron chi connectivity index (χ1n) is 9.84. The molecule has 0 aromatic heterocycles. The van der Waals surface area contributed by atoms with Crippen LogP contribution in [0, 0.1) is 5.92 Å². The quantitative estimate of drug-likeness (QED) is 0.481. The first-order chi connectivity index (χ1) is 12.7. The minimum atomic E-state index is -0.464. The van der Waals surface area contributed by atoms with E-state index in [4.69, 9.17) is 5.73 Å². The maximum absolute atomic E-state index is 11.0. The maximum atomic E-state index is 11.0. The molecule has 2 nitrogen and oxygen atoms in total. The first-order valence-corrected chi connectivity index (χ1v) is 9.84. The molecule has 3 N–H and O–H groups in total. The van der Waals surface area contributed by atoms with Gasteiger partial charge in [0.15, 0.2) is 0 Å². The second kappa shape index (κ2) is 6.22. The van der Waals surface area contributed by atoms with Crippen molar-refractivity contribution in [2.75, 3.05) is 0 Å². The molecule has 4 aromatic rings. The summed E-state index contributed by atoms with van der Waals surface area (Å²) < 4.78 is 0. The summed E-state index contributed by atoms with van der Waals surface area (Å²) in [5.41, 5.74) is 7.70. The fourth-order valence-corrected chi connectivity index (χ4v) is 5.00. The summed E-state index contributed by atoms with van der Waals surface area (Å²) in [6.07, 6.45) is 5.45. The molecule has 2 heteroatoms. The second-order valence-electron chi connectivity index (χ2n) is 7.93. The molecule has 132 valence electrons. The summed E-state index contributed by atoms with van der Waals surface area (Å²) >= 11 is 0. The van der Waals surface area contributed by atoms with Crippen molar-refractivity contribution in [2.24, 2.45) is 11.7 Å². The molecule has 0 saturated heterocycles. The normalized spacial score (nSPS) is 18.7. The predicted octanol–water partition coefficient (Wildman–Crippen LogP) is 5.53. The number of hydrogen-bond acceptors (Lipinski definition) is 2. The van der Waals surface area contributed by atoms with Gasteiger partial charge in [-0.1, -0.05) is 73.9 Å². The van der Waals surface area contributed by atoms with Crippen LogP contribution in [0.5, 0.6) is 0 Å². The Balaban J connectivity index is 1.68. The molecule has 0 radical (unpaired) electrons. The molecule has 1 fully saturated rings. The molecular formula is C24H25NO. The molecule has 1 aliphatic carbocycles. The van der Waals surface area contributed by atoms with Crippen molar-refractivity contribution in [2.45, 2.75) is 44.2 Å². The zero-order valence-electron chi connectivity index (χ0n) is 15.0. The Hall–Kier alpha value is -2.16. The van der Waals surface area contributed by atoms with Crippen molar-refractivity contribution in [3.8, 4) is 0 Å². The first kappa shape index (κ1) is 16.0. The van der Waals surface area contributed by atoms with Gasteiger partial charge < -0.3 is 10.8 Å². The highest BCUT2D eigenvalue weighted by Crippen LogP contribution is 2.39. The lowest BCUT2D eigenvalue weighted by Gasteiger charge is -2.31. The van der Waals surface area contributed by atoms with Gasteiger partial charge in [0.05, 0.1) is 12.1 Å². The fraction of sp³-hybridized carbons (Fsp3) is 0.333. The Labute approximate surface area is 154 Å². The van der Waals surface area contributed by atoms with E-state index in [1.165, 1.54) is 51.6 Å². The van der Waals surface area contributed by atoms with Crippen LogP contribution in [0.4, 0.5) is 0 Å². The minimum absolute atomic E-state index is 0.331. The molecule has 1 aliphatic rings. The lowest BCUT2D eigenvalue weighted by Crippen LogP contribution is -2.34. The largest absolute Gasteiger partial charge is 0.391 e. The number of nitrogens with two attached hydrogens (primary N) is 1. The lowest BCUT2D eigenvalue weighted by molar-refractivity contribution is 0.0622. The van der Waals surface area contributed by atoms with Crippen molar-refractivity contribution in [1.29, 1.82) is 0 Å². The van der Waals surface area contributed by atoms with Crippen LogP contribution >= 0.6 is 0 Å². The van der Waals surface area contributed by atoms with Gasteiger partial charge in [-0.15, -0.1) is 0 Å². The standard InChI is InChI=1S/C24H25NO/c25-23(24(26)18-5-2-1-3-6-18)20-14-12-17-10-9-15-7-4-8-16-11-13-19(20)22(17)21(15)16/h4,7-14,18,23-24,26H,1-3,5-6,25H2/t23-,24+/m1/s1. The average molecular weight is 343 g/mol. The molecule has 26 heavy (non-hydrogen) atoms. The third-order valence-electron chi connectivity index (χ3n) is 6.42. The van der Waals surface area contributed by atoms with Crippen LogP contribution in [0.1, 0.15) is 43.7 Å². The lowest BCUT2D eigenvalue weighted by atomic mass is 9.80. The number of hydrogen-bond donors (Lipinski definition) is 2. The molecular weight excluding hydrogens is 318 g/mol. The van der Waals surface area contributed by atoms with Crippen LogP contribution in [0.15, 0.2) is 54.6 Å². The number of aliphatic hydroxyl groups excluding tert-OH is 1. The summed E-state index contributed by atoms with van der Waals surface area (Å²) in [4.78, 5) is 0. The van der Waals surface area contributed by atoms with E-state index >= 15 is 0 Å². The topological polar surface area (TPSA) is 46.2 Å². The third-order valence-corrected chi connectivity index (χ3v) is 6.42. The van der Waals surface area contributed by atoms with Gasteiger partial charge in [0.2, 0.25) is 0 Å². The molecule has 4 aromatic carbocycles. The maximum Gasteiger partial charge on any atom is 0.0761 e. The molecule has 2 atom stereocenters. The molecule has 0 spiro atoms. The van der Waals surface area contributed by atoms with Crippen LogP contribution in [-0.4, -0.2) is 11.2 Å². The predicted molar refractivity (Wildman–Crippen MR) is 110 cm³/mol. The van der Waals surface area contributed by atoms with Crippen molar-refractivity contribution in [1.82, 2.24) is 0 Å². The monoisotopic (exact) mass is 343 g/mol. The molecule has 0 heterocycles. The van der Waals surface area contributed by atoms with Gasteiger partial charge in [-0.3, -0.25) is 0 Å². The van der Waals surface area contributed by atoms with Crippen LogP contribution < -0.4 is 5.73 Å². The molecule has 0 bridgehead atoms. The minimum Gasteiger partial charge on any atom is -0.391 e. The SMILES string of the molecule is N[C@H](c1ccc2ccc3cccc4ccc1c2c34)[C@@H](O)C1CCCCC1. The van der Waals surface area contributed by atoms with Crippen LogP contribution in [0.25, 0.3) is 32.3 Å². The number of aliphatic hydroxyl groups is 1. The van der Waals surface area contributed by atoms with Crippen LogP contribution in [-0.2, 0) is 0 Å². The molecule has 0 aliphatic heterocycles. The average Bonchev–Trinajstić information content (AvgIpc) is 2.71. The van der Waals surface area contributed by atoms with E-state index in [-0.39, 0.29) is 6.04 Å². The van der Waals surface area contributed by atoms with E-state index in [0.717, 1.165) is 18.4 Å². The highest BCUT2D eigenvalue weighted by molar-refractivity contribution is 6.23. The molecule has 1 saturated carbocycles. The van der Waals surface area contributed by atoms with E-state index in [0.29, 0.717) is 5.92 Å². The third kappa shape index (κ3) is 2.40. The Morgan fingerprint density at radius 3 is 2.12 bits per heavy atom. The highest BCUT2D eigenvalue weighted by atomic mass is 16.3. The summed E-state index contributed by atoms with van der Waals surface area (Å²) in [6, 6.07) is 19.2. The number of benzene rings is 4. The van der Waals surface area contributed by atoms with Gasteiger partial charge in [-0.25, -0.2) is 0 Å². The van der Waals surface area contributed by atoms with Gasteiger partial charge in [-0.2, -0.15) is 0 Å². The van der Waals surface area contributed by atoms with Gasteiger partial charge >= 0.3 is 0 Å². The van der Waals surface area contributed by atoms with E-state index in [2.05, 4.69) is 54.6 Å². The van der Waals surface area contributed by atoms with Crippen molar-refractivity contribution < 1.29 is 5.11 Å². The van der Waals surface area contributed by atoms with Crippen molar-refractivity contribution in [3.05, 3.63) is 60.2 Å². The van der Waals surface area contributed by atoms with Crippen molar-refractivity contribution in [3.63, 3.8) is 0 Å². The Kier molecular flexibility index (Phi) is 3.84. The second-order valence-corrected chi connectivity index (χ2v) is 7.93. The van der Waals surface area contributed by atoms with Crippen LogP contribution in [0.3, 0.4) is 0 Å². The van der Waals surface area contributed by atoms with Crippen LogP contribution in [0.2, 0.25) is 0 Å². The zero-order valence-corrected chi connectivity index (χ0v) is 15.0. The molecule has 0 amide bonds. The Morgan fingerprint density at radius 2 is 1.38 bits per heavy atom. The summed E-state index contributed by atoms with van der Waals surface area (Å²) in [7, 11) is 0. The Morgan fingerprint density at radius 1 is 0.769 bits per heavy atom. The van der Waals surface area contributed by atoms with Crippen molar-refractivity contribution >= 4 is 32.3 Å². The Bertz CT molecular complexity index is 1050. The molecule has 0 unspecified atom stereocenters. The van der Waals surface area contributed by atoms with E-state index < -0.39 is 6.10 Å². The van der Waals surface area contributed by atoms with E-state index in [1.54, 1.807) is 0 Å².